The van der Waals surface area contributed by atoms with Crippen molar-refractivity contribution in [2.45, 2.75) is 13.5 Å². The predicted molar refractivity (Wildman–Crippen MR) is 83.1 cm³/mol. The number of thiazole rings is 1. The topological polar surface area (TPSA) is 38.6 Å². The minimum Gasteiger partial charge on any atom is -0.480 e. The van der Waals surface area contributed by atoms with Gasteiger partial charge in [-0.3, -0.25) is 4.40 Å². The molecule has 2 heterocycles. The van der Waals surface area contributed by atoms with Gasteiger partial charge in [0, 0.05) is 22.3 Å². The van der Waals surface area contributed by atoms with Crippen LogP contribution in [0.25, 0.3) is 4.96 Å². The lowest BCUT2D eigenvalue weighted by molar-refractivity contribution is 0.395. The second-order valence-electron chi connectivity index (χ2n) is 4.44. The zero-order chi connectivity index (χ0) is 14.1. The first kappa shape index (κ1) is 13.3. The van der Waals surface area contributed by atoms with Crippen LogP contribution in [-0.4, -0.2) is 16.5 Å². The van der Waals surface area contributed by atoms with Gasteiger partial charge in [0.2, 0.25) is 5.88 Å². The molecule has 0 atom stereocenters. The number of halogens is 1. The molecule has 0 fully saturated rings. The molecular formula is C14H14ClN3OS. The minimum atomic E-state index is 0.625. The van der Waals surface area contributed by atoms with Gasteiger partial charge in [-0.2, -0.15) is 4.98 Å². The number of fused-ring (bicyclic) bond motifs is 1. The lowest BCUT2D eigenvalue weighted by Gasteiger charge is -2.08. The highest BCUT2D eigenvalue weighted by molar-refractivity contribution is 7.15. The average molecular weight is 308 g/mol. The van der Waals surface area contributed by atoms with Crippen molar-refractivity contribution < 1.29 is 4.74 Å². The van der Waals surface area contributed by atoms with Crippen molar-refractivity contribution in [3.8, 4) is 5.88 Å². The third kappa shape index (κ3) is 2.34. The molecular weight excluding hydrogens is 294 g/mol. The van der Waals surface area contributed by atoms with E-state index in [4.69, 9.17) is 16.3 Å². The van der Waals surface area contributed by atoms with Crippen molar-refractivity contribution >= 4 is 33.6 Å². The van der Waals surface area contributed by atoms with E-state index >= 15 is 0 Å². The number of nitrogens with one attached hydrogen (secondary N) is 1. The number of ether oxygens (including phenoxy) is 1. The van der Waals surface area contributed by atoms with Crippen molar-refractivity contribution in [2.75, 3.05) is 12.4 Å². The Morgan fingerprint density at radius 3 is 3.05 bits per heavy atom. The Morgan fingerprint density at radius 2 is 2.30 bits per heavy atom. The fraction of sp³-hybridized carbons (Fsp3) is 0.214. The summed E-state index contributed by atoms with van der Waals surface area (Å²) < 4.78 is 7.36. The molecule has 6 heteroatoms. The van der Waals surface area contributed by atoms with Crippen LogP contribution in [0.5, 0.6) is 5.88 Å². The van der Waals surface area contributed by atoms with Gasteiger partial charge in [-0.25, -0.2) is 0 Å². The molecule has 3 aromatic rings. The summed E-state index contributed by atoms with van der Waals surface area (Å²) >= 11 is 7.72. The van der Waals surface area contributed by atoms with Crippen molar-refractivity contribution in [3.05, 3.63) is 46.1 Å². The number of aromatic nitrogens is 2. The Labute approximate surface area is 126 Å². The highest BCUT2D eigenvalue weighted by atomic mass is 35.5. The molecule has 0 spiro atoms. The standard InChI is InChI=1S/C14H14ClN3OS/c1-9-3-4-10(7-11(9)15)16-8-12-13(19-2)17-14-18(12)5-6-20-14/h3-7,16H,8H2,1-2H3. The number of hydrogen-bond donors (Lipinski definition) is 1. The quantitative estimate of drug-likeness (QED) is 0.792. The van der Waals surface area contributed by atoms with Gasteiger partial charge in [0.25, 0.3) is 0 Å². The van der Waals surface area contributed by atoms with Crippen LogP contribution in [0.1, 0.15) is 11.3 Å². The summed E-state index contributed by atoms with van der Waals surface area (Å²) in [6.45, 7) is 2.61. The van der Waals surface area contributed by atoms with Gasteiger partial charge in [-0.15, -0.1) is 11.3 Å². The van der Waals surface area contributed by atoms with Crippen LogP contribution in [0.4, 0.5) is 5.69 Å². The zero-order valence-electron chi connectivity index (χ0n) is 11.2. The summed E-state index contributed by atoms with van der Waals surface area (Å²) in [7, 11) is 1.64. The summed E-state index contributed by atoms with van der Waals surface area (Å²) in [6.07, 6.45) is 1.99. The Kier molecular flexibility index (Phi) is 3.54. The smallest absolute Gasteiger partial charge is 0.238 e. The van der Waals surface area contributed by atoms with E-state index in [0.29, 0.717) is 12.4 Å². The molecule has 104 valence electrons. The van der Waals surface area contributed by atoms with Gasteiger partial charge in [-0.05, 0) is 24.6 Å². The Balaban J connectivity index is 1.85. The molecule has 0 saturated carbocycles. The van der Waals surface area contributed by atoms with Crippen LogP contribution in [0.2, 0.25) is 5.02 Å². The molecule has 1 N–H and O–H groups in total. The number of benzene rings is 1. The first-order chi connectivity index (χ1) is 9.69. The van der Waals surface area contributed by atoms with Gasteiger partial charge in [0.1, 0.15) is 5.69 Å². The Hall–Kier alpha value is -1.72. The Bertz CT molecular complexity index is 750. The van der Waals surface area contributed by atoms with E-state index in [2.05, 4.69) is 10.3 Å². The van der Waals surface area contributed by atoms with E-state index in [0.717, 1.165) is 26.9 Å². The minimum absolute atomic E-state index is 0.625. The number of methoxy groups -OCH3 is 1. The fourth-order valence-electron chi connectivity index (χ4n) is 2.03. The van der Waals surface area contributed by atoms with Crippen molar-refractivity contribution in [1.29, 1.82) is 0 Å². The van der Waals surface area contributed by atoms with Gasteiger partial charge in [0.05, 0.1) is 13.7 Å². The maximum absolute atomic E-state index is 6.13. The van der Waals surface area contributed by atoms with Crippen molar-refractivity contribution in [3.63, 3.8) is 0 Å². The lowest BCUT2D eigenvalue weighted by Crippen LogP contribution is -2.03. The summed E-state index contributed by atoms with van der Waals surface area (Å²) in [5.74, 6) is 0.655. The molecule has 0 aliphatic heterocycles. The summed E-state index contributed by atoms with van der Waals surface area (Å²) in [6, 6.07) is 5.94. The highest BCUT2D eigenvalue weighted by Crippen LogP contribution is 2.25. The molecule has 1 aromatic carbocycles. The normalized spacial score (nSPS) is 10.9. The molecule has 0 amide bonds. The van der Waals surface area contributed by atoms with E-state index in [1.165, 1.54) is 0 Å². The molecule has 0 radical (unpaired) electrons. The molecule has 4 nitrogen and oxygen atoms in total. The van der Waals surface area contributed by atoms with Crippen molar-refractivity contribution in [2.24, 2.45) is 0 Å². The van der Waals surface area contributed by atoms with Crippen LogP contribution >= 0.6 is 22.9 Å². The van der Waals surface area contributed by atoms with Crippen LogP contribution in [-0.2, 0) is 6.54 Å². The third-order valence-electron chi connectivity index (χ3n) is 3.15. The Morgan fingerprint density at radius 1 is 1.45 bits per heavy atom. The van der Waals surface area contributed by atoms with E-state index in [1.54, 1.807) is 18.4 Å². The van der Waals surface area contributed by atoms with Crippen LogP contribution in [0.15, 0.2) is 29.8 Å². The second-order valence-corrected chi connectivity index (χ2v) is 5.72. The molecule has 0 bridgehead atoms. The van der Waals surface area contributed by atoms with E-state index in [-0.39, 0.29) is 0 Å². The first-order valence-corrected chi connectivity index (χ1v) is 7.43. The third-order valence-corrected chi connectivity index (χ3v) is 4.31. The number of anilines is 1. The monoisotopic (exact) mass is 307 g/mol. The second kappa shape index (κ2) is 5.34. The van der Waals surface area contributed by atoms with Crippen LogP contribution in [0.3, 0.4) is 0 Å². The van der Waals surface area contributed by atoms with Crippen LogP contribution in [0, 0.1) is 6.92 Å². The SMILES string of the molecule is COc1nc2sccn2c1CNc1ccc(C)c(Cl)c1. The van der Waals surface area contributed by atoms with Crippen LogP contribution < -0.4 is 10.1 Å². The van der Waals surface area contributed by atoms with Crippen molar-refractivity contribution in [1.82, 2.24) is 9.38 Å². The summed E-state index contributed by atoms with van der Waals surface area (Å²) in [5, 5.41) is 6.12. The number of rotatable bonds is 4. The predicted octanol–water partition coefficient (Wildman–Crippen LogP) is 3.98. The van der Waals surface area contributed by atoms with E-state index in [1.807, 2.05) is 41.1 Å². The molecule has 0 aliphatic rings. The largest absolute Gasteiger partial charge is 0.480 e. The molecule has 0 unspecified atom stereocenters. The average Bonchev–Trinajstić information content (AvgIpc) is 3.00. The number of imidazole rings is 1. The fourth-order valence-corrected chi connectivity index (χ4v) is 2.93. The highest BCUT2D eigenvalue weighted by Gasteiger charge is 2.13. The maximum atomic E-state index is 6.13. The first-order valence-electron chi connectivity index (χ1n) is 6.17. The molecule has 2 aromatic heterocycles. The lowest BCUT2D eigenvalue weighted by atomic mass is 10.2. The maximum Gasteiger partial charge on any atom is 0.238 e. The molecule has 20 heavy (non-hydrogen) atoms. The number of nitrogens with zero attached hydrogens (tertiary/aromatic N) is 2. The number of aryl methyl sites for hydroxylation is 1. The summed E-state index contributed by atoms with van der Waals surface area (Å²) in [5.41, 5.74) is 3.05. The summed E-state index contributed by atoms with van der Waals surface area (Å²) in [4.78, 5) is 5.36. The van der Waals surface area contributed by atoms with E-state index in [9.17, 15) is 0 Å². The van der Waals surface area contributed by atoms with Gasteiger partial charge in [-0.1, -0.05) is 17.7 Å². The number of hydrogen-bond acceptors (Lipinski definition) is 4. The molecule has 0 aliphatic carbocycles. The molecule has 3 rings (SSSR count). The van der Waals surface area contributed by atoms with Gasteiger partial charge >= 0.3 is 0 Å². The van der Waals surface area contributed by atoms with E-state index < -0.39 is 0 Å². The van der Waals surface area contributed by atoms with Gasteiger partial charge < -0.3 is 10.1 Å². The molecule has 0 saturated heterocycles. The zero-order valence-corrected chi connectivity index (χ0v) is 12.8. The van der Waals surface area contributed by atoms with Gasteiger partial charge in [0.15, 0.2) is 4.96 Å².